The first kappa shape index (κ1) is 12.1. The van der Waals surface area contributed by atoms with Crippen LogP contribution in [0.4, 0.5) is 0 Å². The molecule has 0 N–H and O–H groups in total. The van der Waals surface area contributed by atoms with E-state index in [-0.39, 0.29) is 0 Å². The smallest absolute Gasteiger partial charge is 0.136 e. The van der Waals surface area contributed by atoms with Gasteiger partial charge in [0.1, 0.15) is 5.78 Å². The highest BCUT2D eigenvalue weighted by Crippen LogP contribution is 2.24. The van der Waals surface area contributed by atoms with Gasteiger partial charge in [-0.2, -0.15) is 0 Å². The van der Waals surface area contributed by atoms with Gasteiger partial charge in [0.15, 0.2) is 0 Å². The fourth-order valence-electron chi connectivity index (χ4n) is 3.07. The Morgan fingerprint density at radius 3 is 2.31 bits per heavy atom. The summed E-state index contributed by atoms with van der Waals surface area (Å²) in [5.41, 5.74) is 0. The lowest BCUT2D eigenvalue weighted by Crippen LogP contribution is -2.30. The second kappa shape index (κ2) is 6.39. The molecule has 0 bridgehead atoms. The fraction of sp³-hybridized carbons (Fsp3) is 0.929. The summed E-state index contributed by atoms with van der Waals surface area (Å²) in [6.07, 6.45) is 11.2. The number of carbonyl (C=O) groups excluding carboxylic acids is 1. The van der Waals surface area contributed by atoms with Crippen LogP contribution in [0.1, 0.15) is 57.8 Å². The van der Waals surface area contributed by atoms with E-state index in [0.717, 1.165) is 32.2 Å². The summed E-state index contributed by atoms with van der Waals surface area (Å²) in [5.74, 6) is 0.942. The SMILES string of the molecule is O=C1CCCC1CCN1CCCCCCC1. The van der Waals surface area contributed by atoms with Crippen molar-refractivity contribution in [2.45, 2.75) is 57.8 Å². The number of nitrogens with zero attached hydrogens (tertiary/aromatic N) is 1. The third-order valence-electron chi connectivity index (χ3n) is 4.17. The third-order valence-corrected chi connectivity index (χ3v) is 4.17. The molecular formula is C14H25NO. The summed E-state index contributed by atoms with van der Waals surface area (Å²) in [7, 11) is 0. The summed E-state index contributed by atoms with van der Waals surface area (Å²) in [6.45, 7) is 3.69. The molecule has 1 heterocycles. The minimum atomic E-state index is 0.408. The largest absolute Gasteiger partial charge is 0.303 e. The molecule has 92 valence electrons. The van der Waals surface area contributed by atoms with Crippen molar-refractivity contribution in [3.63, 3.8) is 0 Å². The molecule has 1 saturated heterocycles. The maximum absolute atomic E-state index is 11.6. The summed E-state index contributed by atoms with van der Waals surface area (Å²) < 4.78 is 0. The zero-order valence-electron chi connectivity index (χ0n) is 10.4. The summed E-state index contributed by atoms with van der Waals surface area (Å²) in [4.78, 5) is 14.1. The van der Waals surface area contributed by atoms with E-state index in [1.54, 1.807) is 0 Å². The maximum Gasteiger partial charge on any atom is 0.136 e. The third kappa shape index (κ3) is 3.58. The summed E-state index contributed by atoms with van der Waals surface area (Å²) in [6, 6.07) is 0. The topological polar surface area (TPSA) is 20.3 Å². The van der Waals surface area contributed by atoms with E-state index in [1.165, 1.54) is 45.2 Å². The molecule has 1 atom stereocenters. The van der Waals surface area contributed by atoms with Crippen LogP contribution in [0, 0.1) is 5.92 Å². The standard InChI is InChI=1S/C14H25NO/c16-14-8-6-7-13(14)9-12-15-10-4-2-1-3-5-11-15/h13H,1-12H2. The fourth-order valence-corrected chi connectivity index (χ4v) is 3.07. The average Bonchev–Trinajstić information content (AvgIpc) is 2.63. The molecule has 0 aromatic carbocycles. The van der Waals surface area contributed by atoms with Crippen LogP contribution in [0.5, 0.6) is 0 Å². The number of Topliss-reactive ketones (excluding diaryl/α,β-unsaturated/α-hetero) is 1. The van der Waals surface area contributed by atoms with Gasteiger partial charge in [-0.1, -0.05) is 19.3 Å². The molecule has 1 aliphatic heterocycles. The van der Waals surface area contributed by atoms with E-state index in [1.807, 2.05) is 0 Å². The molecule has 2 nitrogen and oxygen atoms in total. The molecule has 2 fully saturated rings. The molecule has 1 aliphatic carbocycles. The predicted molar refractivity (Wildman–Crippen MR) is 66.5 cm³/mol. The van der Waals surface area contributed by atoms with Crippen LogP contribution >= 0.6 is 0 Å². The number of ketones is 1. The molecule has 1 unspecified atom stereocenters. The Morgan fingerprint density at radius 2 is 1.69 bits per heavy atom. The van der Waals surface area contributed by atoms with Crippen LogP contribution in [0.15, 0.2) is 0 Å². The Hall–Kier alpha value is -0.370. The quantitative estimate of drug-likeness (QED) is 0.733. The van der Waals surface area contributed by atoms with Gasteiger partial charge in [0.25, 0.3) is 0 Å². The number of likely N-dealkylation sites (tertiary alicyclic amines) is 1. The van der Waals surface area contributed by atoms with Crippen molar-refractivity contribution in [1.82, 2.24) is 4.90 Å². The summed E-state index contributed by atoms with van der Waals surface area (Å²) in [5, 5.41) is 0. The Balaban J connectivity index is 1.68. The first-order chi connectivity index (χ1) is 7.86. The van der Waals surface area contributed by atoms with Crippen LogP contribution in [0.3, 0.4) is 0 Å². The lowest BCUT2D eigenvalue weighted by Gasteiger charge is -2.25. The molecule has 0 spiro atoms. The molecule has 0 aromatic heterocycles. The van der Waals surface area contributed by atoms with Gasteiger partial charge in [-0.3, -0.25) is 4.79 Å². The molecule has 2 aliphatic rings. The van der Waals surface area contributed by atoms with E-state index < -0.39 is 0 Å². The van der Waals surface area contributed by atoms with Crippen molar-refractivity contribution >= 4 is 5.78 Å². The van der Waals surface area contributed by atoms with Crippen LogP contribution in [-0.4, -0.2) is 30.3 Å². The molecule has 0 amide bonds. The van der Waals surface area contributed by atoms with Gasteiger partial charge < -0.3 is 4.90 Å². The van der Waals surface area contributed by atoms with Crippen LogP contribution < -0.4 is 0 Å². The van der Waals surface area contributed by atoms with E-state index in [0.29, 0.717) is 11.7 Å². The molecule has 16 heavy (non-hydrogen) atoms. The van der Waals surface area contributed by atoms with Crippen molar-refractivity contribution < 1.29 is 4.79 Å². The number of rotatable bonds is 3. The van der Waals surface area contributed by atoms with E-state index in [2.05, 4.69) is 4.90 Å². The van der Waals surface area contributed by atoms with E-state index >= 15 is 0 Å². The molecular weight excluding hydrogens is 198 g/mol. The van der Waals surface area contributed by atoms with Gasteiger partial charge in [-0.25, -0.2) is 0 Å². The lowest BCUT2D eigenvalue weighted by molar-refractivity contribution is -0.120. The Morgan fingerprint density at radius 1 is 1.00 bits per heavy atom. The van der Waals surface area contributed by atoms with Crippen molar-refractivity contribution in [2.24, 2.45) is 5.92 Å². The molecule has 2 heteroatoms. The van der Waals surface area contributed by atoms with Crippen molar-refractivity contribution in [2.75, 3.05) is 19.6 Å². The van der Waals surface area contributed by atoms with Crippen LogP contribution in [0.2, 0.25) is 0 Å². The van der Waals surface area contributed by atoms with E-state index in [9.17, 15) is 4.79 Å². The summed E-state index contributed by atoms with van der Waals surface area (Å²) >= 11 is 0. The first-order valence-electron chi connectivity index (χ1n) is 7.11. The normalized spacial score (nSPS) is 29.0. The predicted octanol–water partition coefficient (Wildman–Crippen LogP) is 3.01. The van der Waals surface area contributed by atoms with Crippen molar-refractivity contribution in [3.05, 3.63) is 0 Å². The lowest BCUT2D eigenvalue weighted by atomic mass is 10.0. The zero-order chi connectivity index (χ0) is 11.2. The Bertz CT molecular complexity index is 219. The zero-order valence-corrected chi connectivity index (χ0v) is 10.4. The van der Waals surface area contributed by atoms with Gasteiger partial charge >= 0.3 is 0 Å². The highest BCUT2D eigenvalue weighted by atomic mass is 16.1. The monoisotopic (exact) mass is 223 g/mol. The molecule has 0 aromatic rings. The van der Waals surface area contributed by atoms with Crippen molar-refractivity contribution in [1.29, 1.82) is 0 Å². The maximum atomic E-state index is 11.6. The van der Waals surface area contributed by atoms with Crippen molar-refractivity contribution in [3.8, 4) is 0 Å². The Kier molecular flexibility index (Phi) is 4.83. The van der Waals surface area contributed by atoms with Gasteiger partial charge in [-0.05, 0) is 51.7 Å². The number of hydrogen-bond acceptors (Lipinski definition) is 2. The van der Waals surface area contributed by atoms with Gasteiger partial charge in [0.05, 0.1) is 0 Å². The Labute approximate surface area is 99.4 Å². The second-order valence-corrected chi connectivity index (χ2v) is 5.45. The molecule has 0 radical (unpaired) electrons. The molecule has 2 rings (SSSR count). The molecule has 1 saturated carbocycles. The number of carbonyl (C=O) groups is 1. The first-order valence-corrected chi connectivity index (χ1v) is 7.11. The van der Waals surface area contributed by atoms with Gasteiger partial charge in [0.2, 0.25) is 0 Å². The van der Waals surface area contributed by atoms with Gasteiger partial charge in [-0.15, -0.1) is 0 Å². The highest BCUT2D eigenvalue weighted by Gasteiger charge is 2.24. The van der Waals surface area contributed by atoms with Gasteiger partial charge in [0, 0.05) is 12.3 Å². The minimum absolute atomic E-state index is 0.408. The number of hydrogen-bond donors (Lipinski definition) is 0. The van der Waals surface area contributed by atoms with E-state index in [4.69, 9.17) is 0 Å². The average molecular weight is 223 g/mol. The minimum Gasteiger partial charge on any atom is -0.303 e. The highest BCUT2D eigenvalue weighted by molar-refractivity contribution is 5.82. The second-order valence-electron chi connectivity index (χ2n) is 5.45. The van der Waals surface area contributed by atoms with Crippen LogP contribution in [-0.2, 0) is 4.79 Å². The van der Waals surface area contributed by atoms with Crippen LogP contribution in [0.25, 0.3) is 0 Å².